The second kappa shape index (κ2) is 9.12. The lowest BCUT2D eigenvalue weighted by atomic mass is 9.71. The molecule has 0 spiro atoms. The molecular formula is C25H31N5O2. The van der Waals surface area contributed by atoms with E-state index in [2.05, 4.69) is 28.6 Å². The monoisotopic (exact) mass is 433 g/mol. The summed E-state index contributed by atoms with van der Waals surface area (Å²) in [5.74, 6) is 0.860. The van der Waals surface area contributed by atoms with Crippen molar-refractivity contribution < 1.29 is 9.53 Å². The van der Waals surface area contributed by atoms with Crippen LogP contribution >= 0.6 is 0 Å². The van der Waals surface area contributed by atoms with Gasteiger partial charge < -0.3 is 20.8 Å². The molecule has 0 fully saturated rings. The number of anilines is 1. The number of unbranched alkanes of at least 4 members (excludes halogenated alkanes) is 1. The number of nitrogen functional groups attached to an aromatic ring is 1. The van der Waals surface area contributed by atoms with Gasteiger partial charge in [-0.25, -0.2) is 9.97 Å². The Labute approximate surface area is 188 Å². The molecule has 7 nitrogen and oxygen atoms in total. The molecule has 0 saturated heterocycles. The lowest BCUT2D eigenvalue weighted by molar-refractivity contribution is -0.123. The molecule has 0 radical (unpaired) electrons. The molecule has 2 atom stereocenters. The minimum absolute atomic E-state index is 0.252. The van der Waals surface area contributed by atoms with Gasteiger partial charge in [-0.3, -0.25) is 4.79 Å². The third kappa shape index (κ3) is 4.12. The van der Waals surface area contributed by atoms with Crippen LogP contribution in [-0.2, 0) is 22.5 Å². The highest BCUT2D eigenvalue weighted by atomic mass is 16.5. The van der Waals surface area contributed by atoms with Crippen LogP contribution in [0.1, 0.15) is 32.0 Å². The van der Waals surface area contributed by atoms with Crippen molar-refractivity contribution in [3.05, 3.63) is 54.4 Å². The van der Waals surface area contributed by atoms with Gasteiger partial charge in [-0.15, -0.1) is 0 Å². The molecule has 1 aromatic carbocycles. The predicted molar refractivity (Wildman–Crippen MR) is 128 cm³/mol. The highest BCUT2D eigenvalue weighted by Gasteiger charge is 2.34. The van der Waals surface area contributed by atoms with E-state index >= 15 is 0 Å². The van der Waals surface area contributed by atoms with E-state index in [1.54, 1.807) is 7.11 Å². The van der Waals surface area contributed by atoms with E-state index in [-0.39, 0.29) is 17.2 Å². The largest absolute Gasteiger partial charge is 0.384 e. The third-order valence-electron chi connectivity index (χ3n) is 6.47. The zero-order chi connectivity index (χ0) is 22.7. The number of carbonyl (C=O) groups excluding carboxylic acids is 1. The summed E-state index contributed by atoms with van der Waals surface area (Å²) < 4.78 is 7.57. The quantitative estimate of drug-likeness (QED) is 0.499. The van der Waals surface area contributed by atoms with Gasteiger partial charge in [0.15, 0.2) is 5.82 Å². The van der Waals surface area contributed by atoms with Crippen molar-refractivity contribution in [1.82, 2.24) is 14.5 Å². The Morgan fingerprint density at radius 2 is 2.03 bits per heavy atom. The summed E-state index contributed by atoms with van der Waals surface area (Å²) in [4.78, 5) is 21.3. The number of fused-ring (bicyclic) bond motifs is 3. The van der Waals surface area contributed by atoms with Crippen molar-refractivity contribution in [1.29, 1.82) is 0 Å². The molecule has 168 valence electrons. The van der Waals surface area contributed by atoms with Crippen LogP contribution in [0.25, 0.3) is 21.9 Å². The van der Waals surface area contributed by atoms with Gasteiger partial charge in [-0.05, 0) is 18.9 Å². The average Bonchev–Trinajstić information content (AvgIpc) is 3.14. The molecule has 2 aromatic heterocycles. The Morgan fingerprint density at radius 1 is 1.22 bits per heavy atom. The number of nitrogens with two attached hydrogens (primary N) is 2. The molecule has 4 rings (SSSR count). The number of allylic oxidation sites excluding steroid dienone is 3. The number of primary amides is 1. The van der Waals surface area contributed by atoms with Gasteiger partial charge in [0, 0.05) is 30.9 Å². The molecule has 0 bridgehead atoms. The number of benzene rings is 1. The van der Waals surface area contributed by atoms with Crippen LogP contribution in [0.4, 0.5) is 5.82 Å². The van der Waals surface area contributed by atoms with Crippen LogP contribution < -0.4 is 11.5 Å². The topological polar surface area (TPSA) is 109 Å². The fraction of sp³-hybridized carbons (Fsp3) is 0.400. The summed E-state index contributed by atoms with van der Waals surface area (Å²) in [5.41, 5.74) is 14.3. The number of nitrogens with zero attached hydrogens (tertiary/aromatic N) is 3. The Bertz CT molecular complexity index is 1200. The van der Waals surface area contributed by atoms with E-state index in [0.717, 1.165) is 53.6 Å². The molecule has 0 aliphatic heterocycles. The summed E-state index contributed by atoms with van der Waals surface area (Å²) in [6.07, 6.45) is 11.4. The van der Waals surface area contributed by atoms with Crippen molar-refractivity contribution in [2.75, 3.05) is 19.5 Å². The summed E-state index contributed by atoms with van der Waals surface area (Å²) in [5, 5.41) is 1.05. The molecule has 1 amide bonds. The summed E-state index contributed by atoms with van der Waals surface area (Å²) in [6, 6.07) is 8.03. The van der Waals surface area contributed by atoms with E-state index in [4.69, 9.17) is 21.2 Å². The lowest BCUT2D eigenvalue weighted by Gasteiger charge is -2.33. The minimum Gasteiger partial charge on any atom is -0.384 e. The number of rotatable bonds is 9. The van der Waals surface area contributed by atoms with Gasteiger partial charge >= 0.3 is 0 Å². The number of amides is 1. The number of para-hydroxylation sites is 1. The lowest BCUT2D eigenvalue weighted by Crippen LogP contribution is -2.36. The number of aromatic nitrogens is 3. The smallest absolute Gasteiger partial charge is 0.225 e. The van der Waals surface area contributed by atoms with Crippen molar-refractivity contribution in [2.24, 2.45) is 17.1 Å². The van der Waals surface area contributed by atoms with E-state index in [1.165, 1.54) is 0 Å². The van der Waals surface area contributed by atoms with E-state index < -0.39 is 0 Å². The number of pyridine rings is 1. The second-order valence-corrected chi connectivity index (χ2v) is 8.72. The van der Waals surface area contributed by atoms with Crippen LogP contribution in [0.3, 0.4) is 0 Å². The fourth-order valence-electron chi connectivity index (χ4n) is 4.74. The van der Waals surface area contributed by atoms with Crippen molar-refractivity contribution in [3.63, 3.8) is 0 Å². The van der Waals surface area contributed by atoms with Crippen LogP contribution in [0, 0.1) is 11.3 Å². The van der Waals surface area contributed by atoms with Gasteiger partial charge in [0.25, 0.3) is 0 Å². The summed E-state index contributed by atoms with van der Waals surface area (Å²) in [7, 11) is 1.69. The van der Waals surface area contributed by atoms with Crippen LogP contribution in [0.2, 0.25) is 0 Å². The Hall–Kier alpha value is -3.19. The second-order valence-electron chi connectivity index (χ2n) is 8.72. The molecular weight excluding hydrogens is 402 g/mol. The summed E-state index contributed by atoms with van der Waals surface area (Å²) in [6.45, 7) is 3.50. The zero-order valence-corrected chi connectivity index (χ0v) is 18.8. The van der Waals surface area contributed by atoms with E-state index in [0.29, 0.717) is 18.8 Å². The fourth-order valence-corrected chi connectivity index (χ4v) is 4.74. The Morgan fingerprint density at radius 3 is 2.81 bits per heavy atom. The number of aryl methyl sites for hydroxylation is 1. The molecule has 1 aliphatic carbocycles. The van der Waals surface area contributed by atoms with E-state index in [1.807, 2.05) is 36.4 Å². The van der Waals surface area contributed by atoms with Crippen LogP contribution in [0.15, 0.2) is 48.6 Å². The standard InChI is InChI=1S/C25H31N5O2/c1-25(13-6-5-10-18(25)24(27)31)14-7-8-15-30-20(12-16-32-2)29-21-22(30)17-9-3-4-11-19(17)28-23(21)26/h3-6,9-11,13,18H,7-8,12,14-16H2,1-2H3,(H2,26,28)(H2,27,31). The maximum Gasteiger partial charge on any atom is 0.225 e. The molecule has 2 unspecified atom stereocenters. The van der Waals surface area contributed by atoms with Crippen molar-refractivity contribution in [2.45, 2.75) is 39.2 Å². The third-order valence-corrected chi connectivity index (χ3v) is 6.47. The molecule has 3 aromatic rings. The normalized spacial score (nSPS) is 20.4. The number of imidazole rings is 1. The van der Waals surface area contributed by atoms with Gasteiger partial charge in [-0.2, -0.15) is 0 Å². The molecule has 7 heteroatoms. The first-order valence-corrected chi connectivity index (χ1v) is 11.1. The van der Waals surface area contributed by atoms with Gasteiger partial charge in [0.05, 0.1) is 23.6 Å². The number of hydrogen-bond donors (Lipinski definition) is 2. The first-order valence-electron chi connectivity index (χ1n) is 11.1. The number of hydrogen-bond acceptors (Lipinski definition) is 5. The van der Waals surface area contributed by atoms with Gasteiger partial charge in [0.2, 0.25) is 5.91 Å². The first kappa shape index (κ1) is 22.0. The Kier molecular flexibility index (Phi) is 6.28. The molecule has 1 aliphatic rings. The summed E-state index contributed by atoms with van der Waals surface area (Å²) >= 11 is 0. The van der Waals surface area contributed by atoms with Crippen LogP contribution in [0.5, 0.6) is 0 Å². The maximum absolute atomic E-state index is 11.9. The van der Waals surface area contributed by atoms with Crippen LogP contribution in [-0.4, -0.2) is 34.2 Å². The van der Waals surface area contributed by atoms with E-state index in [9.17, 15) is 4.79 Å². The highest BCUT2D eigenvalue weighted by molar-refractivity contribution is 6.06. The maximum atomic E-state index is 11.9. The first-order chi connectivity index (χ1) is 15.4. The SMILES string of the molecule is COCCc1nc2c(N)nc3ccccc3c2n1CCCCC1(C)C=CC=CC1C(N)=O. The van der Waals surface area contributed by atoms with Crippen molar-refractivity contribution in [3.8, 4) is 0 Å². The zero-order valence-electron chi connectivity index (χ0n) is 18.8. The molecule has 32 heavy (non-hydrogen) atoms. The number of ether oxygens (including phenoxy) is 1. The van der Waals surface area contributed by atoms with Gasteiger partial charge in [-0.1, -0.05) is 55.8 Å². The highest BCUT2D eigenvalue weighted by Crippen LogP contribution is 2.38. The number of methoxy groups -OCH3 is 1. The molecule has 0 saturated carbocycles. The number of carbonyl (C=O) groups is 1. The minimum atomic E-state index is -0.273. The van der Waals surface area contributed by atoms with Gasteiger partial charge in [0.1, 0.15) is 11.3 Å². The molecule has 4 N–H and O–H groups in total. The van der Waals surface area contributed by atoms with Crippen molar-refractivity contribution >= 4 is 33.7 Å². The Balaban J connectivity index is 1.60. The molecule has 2 heterocycles. The predicted octanol–water partition coefficient (Wildman–Crippen LogP) is 3.76. The average molecular weight is 434 g/mol.